The number of carbonyl (C=O) groups is 2. The fraction of sp³-hybridized carbons (Fsp3) is 0.348. The second-order valence-electron chi connectivity index (χ2n) is 8.15. The first-order valence-corrected chi connectivity index (χ1v) is 12.1. The summed E-state index contributed by atoms with van der Waals surface area (Å²) in [4.78, 5) is 25.6. The van der Waals surface area contributed by atoms with E-state index in [1.807, 2.05) is 67.6 Å². The summed E-state index contributed by atoms with van der Waals surface area (Å²) in [6.45, 7) is 1.94. The molecular formula is C23H25N3O4S. The van der Waals surface area contributed by atoms with Gasteiger partial charge in [-0.1, -0.05) is 60.7 Å². The fourth-order valence-electron chi connectivity index (χ4n) is 4.14. The Labute approximate surface area is 182 Å². The zero-order chi connectivity index (χ0) is 22.1. The summed E-state index contributed by atoms with van der Waals surface area (Å²) >= 11 is 0. The Balaban J connectivity index is 1.63. The normalized spacial score (nSPS) is 20.9. The maximum Gasteiger partial charge on any atom is 0.268 e. The predicted octanol–water partition coefficient (Wildman–Crippen LogP) is 2.23. The molecule has 0 saturated carbocycles. The lowest BCUT2D eigenvalue weighted by Crippen LogP contribution is -2.49. The number of nitrogens with one attached hydrogen (secondary N) is 1. The number of amides is 2. The molecule has 2 aliphatic heterocycles. The zero-order valence-corrected chi connectivity index (χ0v) is 18.1. The van der Waals surface area contributed by atoms with Gasteiger partial charge in [0.25, 0.3) is 5.91 Å². The molecule has 0 bridgehead atoms. The Morgan fingerprint density at radius 3 is 2.13 bits per heavy atom. The number of nitrogens with zero attached hydrogens (tertiary/aromatic N) is 2. The van der Waals surface area contributed by atoms with Gasteiger partial charge in [-0.2, -0.15) is 5.10 Å². The zero-order valence-electron chi connectivity index (χ0n) is 17.3. The second kappa shape index (κ2) is 8.26. The lowest BCUT2D eigenvalue weighted by atomic mass is 9.84. The van der Waals surface area contributed by atoms with Crippen LogP contribution in [-0.2, 0) is 25.0 Å². The summed E-state index contributed by atoms with van der Waals surface area (Å²) < 4.78 is 23.7. The van der Waals surface area contributed by atoms with Gasteiger partial charge in [-0.3, -0.25) is 9.59 Å². The quantitative estimate of drug-likeness (QED) is 0.773. The van der Waals surface area contributed by atoms with E-state index in [1.54, 1.807) is 0 Å². The molecule has 1 saturated heterocycles. The van der Waals surface area contributed by atoms with Crippen molar-refractivity contribution >= 4 is 27.4 Å². The van der Waals surface area contributed by atoms with Gasteiger partial charge in [-0.15, -0.1) is 0 Å². The van der Waals surface area contributed by atoms with Gasteiger partial charge < -0.3 is 5.32 Å². The van der Waals surface area contributed by atoms with Gasteiger partial charge in [-0.25, -0.2) is 13.4 Å². The van der Waals surface area contributed by atoms with Crippen LogP contribution in [0.5, 0.6) is 0 Å². The Bertz CT molecular complexity index is 1070. The summed E-state index contributed by atoms with van der Waals surface area (Å²) in [5.74, 6) is -0.678. The molecule has 2 aromatic rings. The molecule has 7 nitrogen and oxygen atoms in total. The van der Waals surface area contributed by atoms with Crippen molar-refractivity contribution in [3.05, 3.63) is 71.8 Å². The lowest BCUT2D eigenvalue weighted by molar-refractivity contribution is -0.133. The summed E-state index contributed by atoms with van der Waals surface area (Å²) in [7, 11) is -3.17. The number of benzene rings is 2. The number of rotatable bonds is 5. The minimum absolute atomic E-state index is 0.0403. The molecule has 0 spiro atoms. The number of sulfone groups is 1. The third-order valence-electron chi connectivity index (χ3n) is 5.94. The summed E-state index contributed by atoms with van der Waals surface area (Å²) in [5, 5.41) is 8.63. The van der Waals surface area contributed by atoms with Crippen LogP contribution in [-0.4, -0.2) is 48.5 Å². The number of hydrazone groups is 1. The van der Waals surface area contributed by atoms with E-state index in [2.05, 4.69) is 10.4 Å². The average molecular weight is 440 g/mol. The average Bonchev–Trinajstić information content (AvgIpc) is 3.14. The Kier molecular flexibility index (Phi) is 5.66. The van der Waals surface area contributed by atoms with Crippen molar-refractivity contribution in [3.63, 3.8) is 0 Å². The molecule has 162 valence electrons. The minimum Gasteiger partial charge on any atom is -0.338 e. The second-order valence-corrected chi connectivity index (χ2v) is 10.4. The van der Waals surface area contributed by atoms with E-state index in [1.165, 1.54) is 5.01 Å². The third kappa shape index (κ3) is 4.39. The first-order chi connectivity index (χ1) is 14.8. The molecule has 2 amide bonds. The van der Waals surface area contributed by atoms with E-state index >= 15 is 0 Å². The molecular weight excluding hydrogens is 414 g/mol. The maximum absolute atomic E-state index is 13.3. The van der Waals surface area contributed by atoms with Gasteiger partial charge >= 0.3 is 0 Å². The Morgan fingerprint density at radius 2 is 1.61 bits per heavy atom. The smallest absolute Gasteiger partial charge is 0.268 e. The lowest BCUT2D eigenvalue weighted by Gasteiger charge is -2.33. The summed E-state index contributed by atoms with van der Waals surface area (Å²) in [6, 6.07) is 18.8. The molecule has 4 rings (SSSR count). The fourth-order valence-corrected chi connectivity index (χ4v) is 5.83. The molecule has 0 aliphatic carbocycles. The summed E-state index contributed by atoms with van der Waals surface area (Å²) in [5.41, 5.74) is 1.27. The van der Waals surface area contributed by atoms with Gasteiger partial charge in [0, 0.05) is 12.8 Å². The molecule has 1 N–H and O–H groups in total. The SMILES string of the molecule is CC(NC(=O)C1=NN(C2CCS(=O)(=O)C2)C(=O)CC1)(c1ccccc1)c1ccccc1. The molecule has 2 aromatic carbocycles. The highest BCUT2D eigenvalue weighted by Gasteiger charge is 2.38. The highest BCUT2D eigenvalue weighted by atomic mass is 32.2. The van der Waals surface area contributed by atoms with Gasteiger partial charge in [0.1, 0.15) is 5.71 Å². The Morgan fingerprint density at radius 1 is 1.03 bits per heavy atom. The highest BCUT2D eigenvalue weighted by Crippen LogP contribution is 2.30. The van der Waals surface area contributed by atoms with Crippen molar-refractivity contribution in [3.8, 4) is 0 Å². The third-order valence-corrected chi connectivity index (χ3v) is 7.69. The van der Waals surface area contributed by atoms with Gasteiger partial charge in [0.2, 0.25) is 5.91 Å². The molecule has 8 heteroatoms. The van der Waals surface area contributed by atoms with E-state index < -0.39 is 21.4 Å². The molecule has 2 aliphatic rings. The predicted molar refractivity (Wildman–Crippen MR) is 118 cm³/mol. The molecule has 1 fully saturated rings. The number of hydrogen-bond donors (Lipinski definition) is 1. The first-order valence-electron chi connectivity index (χ1n) is 10.3. The topological polar surface area (TPSA) is 95.9 Å². The van der Waals surface area contributed by atoms with Crippen LogP contribution in [0.3, 0.4) is 0 Å². The molecule has 0 radical (unpaired) electrons. The van der Waals surface area contributed by atoms with Crippen LogP contribution in [0.4, 0.5) is 0 Å². The van der Waals surface area contributed by atoms with Gasteiger partial charge in [0.05, 0.1) is 23.1 Å². The van der Waals surface area contributed by atoms with Crippen LogP contribution in [0.1, 0.15) is 37.3 Å². The van der Waals surface area contributed by atoms with Crippen LogP contribution < -0.4 is 5.32 Å². The van der Waals surface area contributed by atoms with Crippen LogP contribution >= 0.6 is 0 Å². The van der Waals surface area contributed by atoms with E-state index in [0.717, 1.165) is 11.1 Å². The molecule has 2 heterocycles. The van der Waals surface area contributed by atoms with Crippen LogP contribution in [0.15, 0.2) is 65.8 Å². The van der Waals surface area contributed by atoms with E-state index in [4.69, 9.17) is 0 Å². The van der Waals surface area contributed by atoms with E-state index in [0.29, 0.717) is 6.42 Å². The van der Waals surface area contributed by atoms with Gasteiger partial charge in [-0.05, 0) is 24.5 Å². The van der Waals surface area contributed by atoms with Crippen LogP contribution in [0.2, 0.25) is 0 Å². The van der Waals surface area contributed by atoms with Crippen molar-refractivity contribution in [1.29, 1.82) is 0 Å². The van der Waals surface area contributed by atoms with Crippen molar-refractivity contribution in [2.24, 2.45) is 5.10 Å². The number of hydrogen-bond acceptors (Lipinski definition) is 5. The van der Waals surface area contributed by atoms with E-state index in [-0.39, 0.29) is 41.9 Å². The van der Waals surface area contributed by atoms with E-state index in [9.17, 15) is 18.0 Å². The summed E-state index contributed by atoms with van der Waals surface area (Å²) in [6.07, 6.45) is 0.703. The van der Waals surface area contributed by atoms with Crippen LogP contribution in [0.25, 0.3) is 0 Å². The minimum atomic E-state index is -3.17. The first kappa shape index (κ1) is 21.2. The van der Waals surface area contributed by atoms with Crippen molar-refractivity contribution in [1.82, 2.24) is 10.3 Å². The van der Waals surface area contributed by atoms with Crippen molar-refractivity contribution < 1.29 is 18.0 Å². The van der Waals surface area contributed by atoms with Gasteiger partial charge in [0.15, 0.2) is 9.84 Å². The molecule has 1 unspecified atom stereocenters. The Hall–Kier alpha value is -3.00. The molecule has 1 atom stereocenters. The largest absolute Gasteiger partial charge is 0.338 e. The molecule has 31 heavy (non-hydrogen) atoms. The van der Waals surface area contributed by atoms with Crippen molar-refractivity contribution in [2.75, 3.05) is 11.5 Å². The van der Waals surface area contributed by atoms with Crippen molar-refractivity contribution in [2.45, 2.75) is 37.8 Å². The monoisotopic (exact) mass is 439 g/mol. The van der Waals surface area contributed by atoms with Crippen LogP contribution in [0, 0.1) is 0 Å². The standard InChI is InChI=1S/C23H25N3O4S/c1-23(17-8-4-2-5-9-17,18-10-6-3-7-11-18)24-22(28)20-12-13-21(27)26(25-20)19-14-15-31(29,30)16-19/h2-11,19H,12-16H2,1H3,(H,24,28). The highest BCUT2D eigenvalue weighted by molar-refractivity contribution is 7.91. The molecule has 0 aromatic heterocycles. The maximum atomic E-state index is 13.3. The number of carbonyl (C=O) groups excluding carboxylic acids is 2.